The van der Waals surface area contributed by atoms with Gasteiger partial charge < -0.3 is 4.74 Å². The molecule has 1 fully saturated rings. The molecule has 3 aromatic carbocycles. The number of carbonyl (C=O) groups is 2. The second-order valence-electron chi connectivity index (χ2n) is 6.84. The van der Waals surface area contributed by atoms with Crippen molar-refractivity contribution in [2.24, 2.45) is 0 Å². The Morgan fingerprint density at radius 2 is 1.68 bits per heavy atom. The summed E-state index contributed by atoms with van der Waals surface area (Å²) in [6.45, 7) is 0.380. The van der Waals surface area contributed by atoms with Gasteiger partial charge in [-0.05, 0) is 81.9 Å². The van der Waals surface area contributed by atoms with Gasteiger partial charge in [0.15, 0.2) is 0 Å². The smallest absolute Gasteiger partial charge is 0.293 e. The van der Waals surface area contributed by atoms with Crippen LogP contribution in [0.5, 0.6) is 5.75 Å². The molecule has 0 spiro atoms. The summed E-state index contributed by atoms with van der Waals surface area (Å²) in [7, 11) is 0. The number of thioether (sulfide) groups is 1. The fraction of sp³-hybridized carbons (Fsp3) is 0.0833. The van der Waals surface area contributed by atoms with Crippen LogP contribution in [-0.4, -0.2) is 16.0 Å². The van der Waals surface area contributed by atoms with Crippen molar-refractivity contribution in [3.05, 3.63) is 104 Å². The maximum Gasteiger partial charge on any atom is 0.293 e. The Kier molecular flexibility index (Phi) is 6.72. The standard InChI is InChI=1S/C24H17FINO3S/c25-21-4-2-1-3-18(21)15-30-20-11-7-16(8-12-20)13-22-23(28)27(24(29)31-22)14-17-5-9-19(26)10-6-17/h1-13H,14-15H2/b22-13-. The molecule has 4 rings (SSSR count). The van der Waals surface area contributed by atoms with Gasteiger partial charge in [-0.2, -0.15) is 0 Å². The Balaban J connectivity index is 1.41. The number of nitrogens with zero attached hydrogens (tertiary/aromatic N) is 1. The summed E-state index contributed by atoms with van der Waals surface area (Å²) < 4.78 is 20.4. The van der Waals surface area contributed by atoms with E-state index in [0.717, 1.165) is 26.5 Å². The molecule has 0 bridgehead atoms. The predicted molar refractivity (Wildman–Crippen MR) is 128 cm³/mol. The molecule has 0 N–H and O–H groups in total. The van der Waals surface area contributed by atoms with Crippen LogP contribution in [0.15, 0.2) is 77.7 Å². The van der Waals surface area contributed by atoms with E-state index in [9.17, 15) is 14.0 Å². The molecule has 1 heterocycles. The highest BCUT2D eigenvalue weighted by molar-refractivity contribution is 14.1. The number of ether oxygens (including phenoxy) is 1. The SMILES string of the molecule is O=C1S/C(=C\c2ccc(OCc3ccccc3F)cc2)C(=O)N1Cc1ccc(I)cc1. The van der Waals surface area contributed by atoms with Crippen LogP contribution in [0.2, 0.25) is 0 Å². The number of rotatable bonds is 6. The lowest BCUT2D eigenvalue weighted by molar-refractivity contribution is -0.123. The van der Waals surface area contributed by atoms with Crippen molar-refractivity contribution in [3.63, 3.8) is 0 Å². The largest absolute Gasteiger partial charge is 0.489 e. The number of hydrogen-bond acceptors (Lipinski definition) is 4. The summed E-state index contributed by atoms with van der Waals surface area (Å²) in [4.78, 5) is 26.7. The van der Waals surface area contributed by atoms with Crippen LogP contribution in [0.1, 0.15) is 16.7 Å². The average molecular weight is 545 g/mol. The fourth-order valence-corrected chi connectivity index (χ4v) is 4.19. The summed E-state index contributed by atoms with van der Waals surface area (Å²) in [6.07, 6.45) is 1.69. The van der Waals surface area contributed by atoms with E-state index in [1.54, 1.807) is 48.5 Å². The predicted octanol–water partition coefficient (Wildman–Crippen LogP) is 6.25. The van der Waals surface area contributed by atoms with E-state index in [0.29, 0.717) is 16.2 Å². The van der Waals surface area contributed by atoms with Crippen LogP contribution in [0.25, 0.3) is 6.08 Å². The van der Waals surface area contributed by atoms with Gasteiger partial charge in [0.1, 0.15) is 18.2 Å². The van der Waals surface area contributed by atoms with Gasteiger partial charge in [0.25, 0.3) is 11.1 Å². The van der Waals surface area contributed by atoms with E-state index in [4.69, 9.17) is 4.74 Å². The molecule has 31 heavy (non-hydrogen) atoms. The first kappa shape index (κ1) is 21.6. The zero-order valence-electron chi connectivity index (χ0n) is 16.3. The zero-order valence-corrected chi connectivity index (χ0v) is 19.2. The maximum absolute atomic E-state index is 13.7. The highest BCUT2D eigenvalue weighted by atomic mass is 127. The topological polar surface area (TPSA) is 46.6 Å². The average Bonchev–Trinajstić information content (AvgIpc) is 3.03. The third-order valence-electron chi connectivity index (χ3n) is 4.66. The summed E-state index contributed by atoms with van der Waals surface area (Å²) in [5.41, 5.74) is 2.16. The van der Waals surface area contributed by atoms with Crippen molar-refractivity contribution >= 4 is 51.6 Å². The lowest BCUT2D eigenvalue weighted by Crippen LogP contribution is -2.27. The molecular formula is C24H17FINO3S. The van der Waals surface area contributed by atoms with Gasteiger partial charge in [0.05, 0.1) is 11.4 Å². The monoisotopic (exact) mass is 545 g/mol. The Morgan fingerprint density at radius 1 is 0.968 bits per heavy atom. The second kappa shape index (κ2) is 9.65. The van der Waals surface area contributed by atoms with Crippen LogP contribution in [0.3, 0.4) is 0 Å². The highest BCUT2D eigenvalue weighted by Crippen LogP contribution is 2.33. The van der Waals surface area contributed by atoms with E-state index in [2.05, 4.69) is 22.6 Å². The van der Waals surface area contributed by atoms with Crippen LogP contribution in [0.4, 0.5) is 9.18 Å². The van der Waals surface area contributed by atoms with Gasteiger partial charge in [-0.15, -0.1) is 0 Å². The molecule has 7 heteroatoms. The number of hydrogen-bond donors (Lipinski definition) is 0. The molecule has 0 saturated carbocycles. The second-order valence-corrected chi connectivity index (χ2v) is 9.08. The normalized spacial score (nSPS) is 15.0. The maximum atomic E-state index is 13.7. The van der Waals surface area contributed by atoms with E-state index < -0.39 is 0 Å². The summed E-state index contributed by atoms with van der Waals surface area (Å²) >= 11 is 3.15. The van der Waals surface area contributed by atoms with Gasteiger partial charge >= 0.3 is 0 Å². The molecule has 0 atom stereocenters. The lowest BCUT2D eigenvalue weighted by atomic mass is 10.2. The number of halogens is 2. The van der Waals surface area contributed by atoms with E-state index in [1.165, 1.54) is 11.0 Å². The molecule has 1 saturated heterocycles. The molecule has 0 aromatic heterocycles. The van der Waals surface area contributed by atoms with Crippen molar-refractivity contribution in [3.8, 4) is 5.75 Å². The van der Waals surface area contributed by atoms with Crippen LogP contribution in [0, 0.1) is 9.39 Å². The molecular weight excluding hydrogens is 528 g/mol. The van der Waals surface area contributed by atoms with Crippen LogP contribution < -0.4 is 4.74 Å². The third kappa shape index (κ3) is 5.34. The Labute approximate surface area is 197 Å². The van der Waals surface area contributed by atoms with Crippen molar-refractivity contribution in [1.82, 2.24) is 4.90 Å². The zero-order chi connectivity index (χ0) is 21.8. The van der Waals surface area contributed by atoms with Crippen molar-refractivity contribution < 1.29 is 18.7 Å². The van der Waals surface area contributed by atoms with Crippen molar-refractivity contribution in [2.45, 2.75) is 13.2 Å². The number of benzene rings is 3. The number of amides is 2. The molecule has 1 aliphatic rings. The lowest BCUT2D eigenvalue weighted by Gasteiger charge is -2.12. The van der Waals surface area contributed by atoms with Gasteiger partial charge in [0.2, 0.25) is 0 Å². The fourth-order valence-electron chi connectivity index (χ4n) is 3.00. The minimum absolute atomic E-state index is 0.128. The van der Waals surface area contributed by atoms with E-state index in [-0.39, 0.29) is 30.1 Å². The third-order valence-corrected chi connectivity index (χ3v) is 6.28. The summed E-state index contributed by atoms with van der Waals surface area (Å²) in [5.74, 6) is -0.0132. The molecule has 0 radical (unpaired) electrons. The first-order chi connectivity index (χ1) is 15.0. The quantitative estimate of drug-likeness (QED) is 0.272. The van der Waals surface area contributed by atoms with Crippen LogP contribution >= 0.6 is 34.4 Å². The molecule has 2 amide bonds. The molecule has 3 aromatic rings. The minimum atomic E-state index is -0.305. The molecule has 156 valence electrons. The molecule has 0 unspecified atom stereocenters. The van der Waals surface area contributed by atoms with Gasteiger partial charge in [-0.1, -0.05) is 42.5 Å². The number of imide groups is 1. The molecule has 4 nitrogen and oxygen atoms in total. The molecule has 1 aliphatic heterocycles. The van der Waals surface area contributed by atoms with Crippen molar-refractivity contribution in [1.29, 1.82) is 0 Å². The van der Waals surface area contributed by atoms with Crippen molar-refractivity contribution in [2.75, 3.05) is 0 Å². The first-order valence-corrected chi connectivity index (χ1v) is 11.4. The van der Waals surface area contributed by atoms with Crippen LogP contribution in [-0.2, 0) is 17.9 Å². The minimum Gasteiger partial charge on any atom is -0.489 e. The van der Waals surface area contributed by atoms with Gasteiger partial charge in [-0.25, -0.2) is 4.39 Å². The highest BCUT2D eigenvalue weighted by Gasteiger charge is 2.34. The Hall–Kier alpha value is -2.65. The van der Waals surface area contributed by atoms with E-state index >= 15 is 0 Å². The van der Waals surface area contributed by atoms with E-state index in [1.807, 2.05) is 24.3 Å². The number of carbonyl (C=O) groups excluding carboxylic acids is 2. The van der Waals surface area contributed by atoms with Gasteiger partial charge in [-0.3, -0.25) is 14.5 Å². The summed E-state index contributed by atoms with van der Waals surface area (Å²) in [5, 5.41) is -0.278. The summed E-state index contributed by atoms with van der Waals surface area (Å²) in [6, 6.07) is 21.3. The molecule has 0 aliphatic carbocycles. The Morgan fingerprint density at radius 3 is 2.39 bits per heavy atom. The van der Waals surface area contributed by atoms with Gasteiger partial charge in [0, 0.05) is 9.13 Å². The first-order valence-electron chi connectivity index (χ1n) is 9.46. The Bertz CT molecular complexity index is 1150.